The van der Waals surface area contributed by atoms with Crippen LogP contribution in [0.1, 0.15) is 45.2 Å². The molecular formula is C12H13NO4. The highest BCUT2D eigenvalue weighted by Crippen LogP contribution is 2.26. The maximum atomic E-state index is 11.1. The summed E-state index contributed by atoms with van der Waals surface area (Å²) in [5, 5.41) is 21.2. The highest BCUT2D eigenvalue weighted by atomic mass is 16.4. The van der Waals surface area contributed by atoms with E-state index in [-0.39, 0.29) is 17.2 Å². The number of nitrogens with one attached hydrogen (secondary N) is 1. The van der Waals surface area contributed by atoms with E-state index in [1.165, 1.54) is 12.1 Å². The maximum absolute atomic E-state index is 11.1. The van der Waals surface area contributed by atoms with Gasteiger partial charge in [-0.2, -0.15) is 0 Å². The molecule has 17 heavy (non-hydrogen) atoms. The molecule has 1 atom stereocenters. The third-order valence-electron chi connectivity index (χ3n) is 2.97. The van der Waals surface area contributed by atoms with Gasteiger partial charge in [0.1, 0.15) is 0 Å². The Bertz CT molecular complexity index is 464. The summed E-state index contributed by atoms with van der Waals surface area (Å²) in [6.45, 7) is 0.865. The molecule has 1 aromatic carbocycles. The van der Waals surface area contributed by atoms with Crippen LogP contribution in [0.4, 0.5) is 0 Å². The third-order valence-corrected chi connectivity index (χ3v) is 2.97. The van der Waals surface area contributed by atoms with Crippen molar-refractivity contribution < 1.29 is 19.8 Å². The molecule has 1 heterocycles. The highest BCUT2D eigenvalue weighted by molar-refractivity contribution is 5.95. The molecule has 0 aliphatic carbocycles. The van der Waals surface area contributed by atoms with Crippen LogP contribution >= 0.6 is 0 Å². The van der Waals surface area contributed by atoms with Crippen LogP contribution in [0.15, 0.2) is 18.2 Å². The molecule has 0 aromatic heterocycles. The van der Waals surface area contributed by atoms with Gasteiger partial charge in [0.05, 0.1) is 11.1 Å². The van der Waals surface area contributed by atoms with Crippen molar-refractivity contribution in [2.45, 2.75) is 18.9 Å². The highest BCUT2D eigenvalue weighted by Gasteiger charge is 2.22. The molecule has 1 fully saturated rings. The Balaban J connectivity index is 2.44. The number of hydrogen-bond donors (Lipinski definition) is 3. The molecule has 1 aliphatic heterocycles. The van der Waals surface area contributed by atoms with E-state index in [1.54, 1.807) is 6.07 Å². The van der Waals surface area contributed by atoms with Gasteiger partial charge in [-0.1, -0.05) is 6.07 Å². The van der Waals surface area contributed by atoms with Gasteiger partial charge in [-0.15, -0.1) is 0 Å². The van der Waals surface area contributed by atoms with Crippen molar-refractivity contribution in [2.24, 2.45) is 0 Å². The second-order valence-electron chi connectivity index (χ2n) is 4.06. The summed E-state index contributed by atoms with van der Waals surface area (Å²) in [5.74, 6) is -2.20. The van der Waals surface area contributed by atoms with E-state index in [9.17, 15) is 9.59 Å². The van der Waals surface area contributed by atoms with E-state index >= 15 is 0 Å². The molecule has 0 saturated carbocycles. The van der Waals surface area contributed by atoms with Gasteiger partial charge in [-0.25, -0.2) is 9.59 Å². The zero-order valence-electron chi connectivity index (χ0n) is 9.14. The van der Waals surface area contributed by atoms with Crippen molar-refractivity contribution in [1.82, 2.24) is 5.32 Å². The van der Waals surface area contributed by atoms with Crippen LogP contribution in [0, 0.1) is 0 Å². The summed E-state index contributed by atoms with van der Waals surface area (Å²) in [4.78, 5) is 21.9. The fourth-order valence-electron chi connectivity index (χ4n) is 2.13. The smallest absolute Gasteiger partial charge is 0.336 e. The number of benzene rings is 1. The normalized spacial score (nSPS) is 19.2. The molecule has 0 bridgehead atoms. The van der Waals surface area contributed by atoms with Gasteiger partial charge in [-0.3, -0.25) is 0 Å². The van der Waals surface area contributed by atoms with Crippen LogP contribution in [0.2, 0.25) is 0 Å². The monoisotopic (exact) mass is 235 g/mol. The zero-order chi connectivity index (χ0) is 12.4. The minimum absolute atomic E-state index is 0.00384. The number of carboxylic acid groups (broad SMARTS) is 2. The fraction of sp³-hybridized carbons (Fsp3) is 0.333. The summed E-state index contributed by atoms with van der Waals surface area (Å²) in [6, 6.07) is 4.28. The number of carboxylic acids is 2. The molecule has 5 nitrogen and oxygen atoms in total. The molecule has 0 radical (unpaired) electrons. The zero-order valence-corrected chi connectivity index (χ0v) is 9.14. The molecule has 1 aliphatic rings. The molecule has 1 aromatic rings. The minimum atomic E-state index is -1.11. The number of rotatable bonds is 3. The van der Waals surface area contributed by atoms with E-state index in [0.717, 1.165) is 19.4 Å². The van der Waals surface area contributed by atoms with Crippen molar-refractivity contribution in [3.05, 3.63) is 34.9 Å². The Kier molecular flexibility index (Phi) is 3.10. The van der Waals surface area contributed by atoms with E-state index in [4.69, 9.17) is 10.2 Å². The Labute approximate surface area is 98.1 Å². The van der Waals surface area contributed by atoms with E-state index in [2.05, 4.69) is 5.32 Å². The number of hydrogen-bond acceptors (Lipinski definition) is 3. The van der Waals surface area contributed by atoms with Crippen LogP contribution in [-0.4, -0.2) is 28.7 Å². The first-order chi connectivity index (χ1) is 8.09. The van der Waals surface area contributed by atoms with Gasteiger partial charge in [0.15, 0.2) is 0 Å². The van der Waals surface area contributed by atoms with Gasteiger partial charge >= 0.3 is 11.9 Å². The van der Waals surface area contributed by atoms with Gasteiger partial charge in [0, 0.05) is 6.04 Å². The molecule has 0 spiro atoms. The molecule has 1 saturated heterocycles. The van der Waals surface area contributed by atoms with Crippen molar-refractivity contribution >= 4 is 11.9 Å². The fourth-order valence-corrected chi connectivity index (χ4v) is 2.13. The molecule has 5 heteroatoms. The van der Waals surface area contributed by atoms with Crippen molar-refractivity contribution in [1.29, 1.82) is 0 Å². The maximum Gasteiger partial charge on any atom is 0.336 e. The van der Waals surface area contributed by atoms with Gasteiger partial charge in [-0.05, 0) is 37.1 Å². The van der Waals surface area contributed by atoms with Crippen molar-refractivity contribution in [3.63, 3.8) is 0 Å². The van der Waals surface area contributed by atoms with Crippen LogP contribution in [-0.2, 0) is 0 Å². The summed E-state index contributed by atoms with van der Waals surface area (Å²) in [5.41, 5.74) is 0.744. The summed E-state index contributed by atoms with van der Waals surface area (Å²) < 4.78 is 0. The number of carbonyl (C=O) groups is 2. The molecule has 2 rings (SSSR count). The topological polar surface area (TPSA) is 86.6 Å². The summed E-state index contributed by atoms with van der Waals surface area (Å²) >= 11 is 0. The van der Waals surface area contributed by atoms with Crippen LogP contribution in [0.3, 0.4) is 0 Å². The lowest BCUT2D eigenvalue weighted by atomic mass is 9.97. The van der Waals surface area contributed by atoms with Crippen molar-refractivity contribution in [3.8, 4) is 0 Å². The molecule has 3 N–H and O–H groups in total. The van der Waals surface area contributed by atoms with Gasteiger partial charge in [0.25, 0.3) is 0 Å². The quantitative estimate of drug-likeness (QED) is 0.739. The Morgan fingerprint density at radius 3 is 2.53 bits per heavy atom. The lowest BCUT2D eigenvalue weighted by Crippen LogP contribution is -2.17. The largest absolute Gasteiger partial charge is 0.478 e. The Hall–Kier alpha value is -1.88. The van der Waals surface area contributed by atoms with E-state index in [0.29, 0.717) is 5.56 Å². The van der Waals surface area contributed by atoms with Crippen molar-refractivity contribution in [2.75, 3.05) is 6.54 Å². The van der Waals surface area contributed by atoms with Crippen LogP contribution < -0.4 is 5.32 Å². The first-order valence-electron chi connectivity index (χ1n) is 5.43. The Morgan fingerprint density at radius 1 is 1.24 bits per heavy atom. The predicted octanol–water partition coefficient (Wildman–Crippen LogP) is 1.51. The molecule has 0 amide bonds. The van der Waals surface area contributed by atoms with Gasteiger partial charge < -0.3 is 15.5 Å². The summed E-state index contributed by atoms with van der Waals surface area (Å²) in [6.07, 6.45) is 1.89. The van der Waals surface area contributed by atoms with E-state index < -0.39 is 11.9 Å². The summed E-state index contributed by atoms with van der Waals surface area (Å²) in [7, 11) is 0. The van der Waals surface area contributed by atoms with Crippen LogP contribution in [0.5, 0.6) is 0 Å². The predicted molar refractivity (Wildman–Crippen MR) is 60.3 cm³/mol. The van der Waals surface area contributed by atoms with E-state index in [1.807, 2.05) is 0 Å². The first kappa shape index (κ1) is 11.6. The lowest BCUT2D eigenvalue weighted by Gasteiger charge is -2.14. The van der Waals surface area contributed by atoms with Crippen LogP contribution in [0.25, 0.3) is 0 Å². The average Bonchev–Trinajstić information content (AvgIpc) is 2.81. The first-order valence-corrected chi connectivity index (χ1v) is 5.43. The Morgan fingerprint density at radius 2 is 2.00 bits per heavy atom. The second-order valence-corrected chi connectivity index (χ2v) is 4.06. The average molecular weight is 235 g/mol. The standard InChI is InChI=1S/C12H13NO4/c14-11(15)7-3-4-8(9(6-7)12(16)17)10-2-1-5-13-10/h3-4,6,10,13H,1-2,5H2,(H,14,15)(H,16,17)/t10-/m0/s1. The molecule has 0 unspecified atom stereocenters. The number of aromatic carboxylic acids is 2. The SMILES string of the molecule is O=C(O)c1ccc([C@@H]2CCCN2)c(C(=O)O)c1. The molecule has 90 valence electrons. The van der Waals surface area contributed by atoms with Gasteiger partial charge in [0.2, 0.25) is 0 Å². The lowest BCUT2D eigenvalue weighted by molar-refractivity contribution is 0.0694. The minimum Gasteiger partial charge on any atom is -0.478 e. The molecular weight excluding hydrogens is 222 g/mol. The second kappa shape index (κ2) is 4.55. The third kappa shape index (κ3) is 2.29.